The van der Waals surface area contributed by atoms with Crippen LogP contribution in [-0.4, -0.2) is 37.6 Å². The molecule has 0 heterocycles. The number of nitrogens with zero attached hydrogens (tertiary/aromatic N) is 2. The molecule has 0 aromatic heterocycles. The summed E-state index contributed by atoms with van der Waals surface area (Å²) in [4.78, 5) is 13.9. The quantitative estimate of drug-likeness (QED) is 0.734. The Morgan fingerprint density at radius 3 is 2.61 bits per heavy atom. The number of amides is 1. The molecule has 0 radical (unpaired) electrons. The molecular weight excluding hydrogens is 343 g/mol. The van der Waals surface area contributed by atoms with Crippen LogP contribution in [0.2, 0.25) is 0 Å². The first-order chi connectivity index (χ1) is 8.69. The van der Waals surface area contributed by atoms with Gasteiger partial charge in [0.1, 0.15) is 0 Å². The maximum Gasteiger partial charge on any atom is 0.253 e. The number of benzene rings is 1. The number of rotatable bonds is 6. The van der Waals surface area contributed by atoms with Crippen LogP contribution < -0.4 is 0 Å². The van der Waals surface area contributed by atoms with Gasteiger partial charge in [0.25, 0.3) is 5.91 Å². The van der Waals surface area contributed by atoms with Crippen LogP contribution in [0.1, 0.15) is 16.8 Å². The van der Waals surface area contributed by atoms with Gasteiger partial charge in [-0.25, -0.2) is 0 Å². The Hall–Kier alpha value is -1.13. The highest BCUT2D eigenvalue weighted by Crippen LogP contribution is 2.09. The fourth-order valence-corrected chi connectivity index (χ4v) is 1.84. The molecule has 0 atom stereocenters. The zero-order valence-electron chi connectivity index (χ0n) is 10.2. The van der Waals surface area contributed by atoms with Crippen LogP contribution in [0.5, 0.6) is 0 Å². The SMILES string of the molecule is COCCN(CCC#N)C(=O)c1ccc(I)cc1. The van der Waals surface area contributed by atoms with E-state index in [9.17, 15) is 4.79 Å². The minimum absolute atomic E-state index is 0.0568. The fourth-order valence-electron chi connectivity index (χ4n) is 1.48. The second-order valence-electron chi connectivity index (χ2n) is 3.70. The van der Waals surface area contributed by atoms with Gasteiger partial charge in [0.15, 0.2) is 0 Å². The molecule has 0 saturated carbocycles. The molecule has 0 bridgehead atoms. The number of hydrogen-bond acceptors (Lipinski definition) is 3. The van der Waals surface area contributed by atoms with E-state index >= 15 is 0 Å². The molecule has 1 amide bonds. The van der Waals surface area contributed by atoms with E-state index in [1.165, 1.54) is 0 Å². The largest absolute Gasteiger partial charge is 0.383 e. The highest BCUT2D eigenvalue weighted by atomic mass is 127. The number of carbonyl (C=O) groups excluding carboxylic acids is 1. The van der Waals surface area contributed by atoms with Crippen LogP contribution in [0.25, 0.3) is 0 Å². The van der Waals surface area contributed by atoms with Crippen molar-refractivity contribution in [2.24, 2.45) is 0 Å². The summed E-state index contributed by atoms with van der Waals surface area (Å²) in [5.74, 6) is -0.0568. The van der Waals surface area contributed by atoms with Gasteiger partial charge in [0.05, 0.1) is 19.1 Å². The number of halogens is 1. The van der Waals surface area contributed by atoms with Crippen LogP contribution in [0.3, 0.4) is 0 Å². The lowest BCUT2D eigenvalue weighted by Gasteiger charge is -2.21. The van der Waals surface area contributed by atoms with Gasteiger partial charge in [-0.1, -0.05) is 0 Å². The molecule has 0 aliphatic rings. The highest BCUT2D eigenvalue weighted by Gasteiger charge is 2.14. The lowest BCUT2D eigenvalue weighted by Crippen LogP contribution is -2.34. The van der Waals surface area contributed by atoms with Gasteiger partial charge >= 0.3 is 0 Å². The molecule has 0 saturated heterocycles. The second-order valence-corrected chi connectivity index (χ2v) is 4.95. The summed E-state index contributed by atoms with van der Waals surface area (Å²) in [7, 11) is 1.60. The van der Waals surface area contributed by atoms with E-state index in [2.05, 4.69) is 28.7 Å². The summed E-state index contributed by atoms with van der Waals surface area (Å²) in [6.07, 6.45) is 0.333. The Morgan fingerprint density at radius 1 is 1.39 bits per heavy atom. The van der Waals surface area contributed by atoms with Gasteiger partial charge in [0.2, 0.25) is 0 Å². The highest BCUT2D eigenvalue weighted by molar-refractivity contribution is 14.1. The summed E-state index contributed by atoms with van der Waals surface area (Å²) >= 11 is 2.19. The molecule has 0 aliphatic heterocycles. The number of nitriles is 1. The minimum Gasteiger partial charge on any atom is -0.383 e. The molecule has 1 aromatic rings. The molecule has 1 aromatic carbocycles. The maximum absolute atomic E-state index is 12.2. The third-order valence-corrected chi connectivity index (χ3v) is 3.16. The van der Waals surface area contributed by atoms with Gasteiger partial charge in [-0.05, 0) is 46.9 Å². The van der Waals surface area contributed by atoms with E-state index in [4.69, 9.17) is 10.00 Å². The monoisotopic (exact) mass is 358 g/mol. The molecule has 0 spiro atoms. The van der Waals surface area contributed by atoms with Crippen LogP contribution in [0, 0.1) is 14.9 Å². The molecule has 18 heavy (non-hydrogen) atoms. The van der Waals surface area contributed by atoms with Crippen molar-refractivity contribution in [3.05, 3.63) is 33.4 Å². The Kier molecular flexibility index (Phi) is 6.68. The number of ether oxygens (including phenoxy) is 1. The van der Waals surface area contributed by atoms with E-state index in [1.54, 1.807) is 24.1 Å². The normalized spacial score (nSPS) is 9.83. The Balaban J connectivity index is 2.74. The molecule has 96 valence electrons. The summed E-state index contributed by atoms with van der Waals surface area (Å²) in [6.45, 7) is 1.41. The molecule has 1 rings (SSSR count). The lowest BCUT2D eigenvalue weighted by atomic mass is 10.2. The molecule has 0 N–H and O–H groups in total. The molecule has 0 fully saturated rings. The van der Waals surface area contributed by atoms with Crippen molar-refractivity contribution in [2.75, 3.05) is 26.8 Å². The van der Waals surface area contributed by atoms with Crippen molar-refractivity contribution in [3.8, 4) is 6.07 Å². The Morgan fingerprint density at radius 2 is 2.06 bits per heavy atom. The number of hydrogen-bond donors (Lipinski definition) is 0. The smallest absolute Gasteiger partial charge is 0.253 e. The number of carbonyl (C=O) groups is 1. The predicted octanol–water partition coefficient (Wildman–Crippen LogP) is 2.29. The van der Waals surface area contributed by atoms with Crippen molar-refractivity contribution >= 4 is 28.5 Å². The average molecular weight is 358 g/mol. The third-order valence-electron chi connectivity index (χ3n) is 2.44. The van der Waals surface area contributed by atoms with Gasteiger partial charge in [-0.3, -0.25) is 4.79 Å². The Bertz CT molecular complexity index is 426. The van der Waals surface area contributed by atoms with E-state index in [0.717, 1.165) is 3.57 Å². The van der Waals surface area contributed by atoms with Crippen LogP contribution in [-0.2, 0) is 4.74 Å². The van der Waals surface area contributed by atoms with Crippen LogP contribution >= 0.6 is 22.6 Å². The van der Waals surface area contributed by atoms with E-state index < -0.39 is 0 Å². The zero-order valence-corrected chi connectivity index (χ0v) is 12.4. The summed E-state index contributed by atoms with van der Waals surface area (Å²) in [5.41, 5.74) is 0.643. The van der Waals surface area contributed by atoms with Crippen molar-refractivity contribution in [1.82, 2.24) is 4.90 Å². The van der Waals surface area contributed by atoms with Crippen molar-refractivity contribution < 1.29 is 9.53 Å². The topological polar surface area (TPSA) is 53.3 Å². The van der Waals surface area contributed by atoms with Crippen molar-refractivity contribution in [1.29, 1.82) is 5.26 Å². The molecule has 5 heteroatoms. The average Bonchev–Trinajstić information content (AvgIpc) is 2.39. The van der Waals surface area contributed by atoms with Crippen molar-refractivity contribution in [2.45, 2.75) is 6.42 Å². The Labute approximate surface area is 121 Å². The van der Waals surface area contributed by atoms with Gasteiger partial charge in [-0.15, -0.1) is 0 Å². The fraction of sp³-hybridized carbons (Fsp3) is 0.385. The van der Waals surface area contributed by atoms with Gasteiger partial charge in [0, 0.05) is 29.3 Å². The van der Waals surface area contributed by atoms with E-state index in [1.807, 2.05) is 12.1 Å². The first-order valence-corrected chi connectivity index (χ1v) is 6.67. The standard InChI is InChI=1S/C13H15IN2O2/c1-18-10-9-16(8-2-7-15)13(17)11-3-5-12(14)6-4-11/h3-6H,2,8-10H2,1H3. The molecule has 4 nitrogen and oxygen atoms in total. The first-order valence-electron chi connectivity index (χ1n) is 5.59. The summed E-state index contributed by atoms with van der Waals surface area (Å²) < 4.78 is 6.07. The first kappa shape index (κ1) is 14.9. The second kappa shape index (κ2) is 8.06. The molecular formula is C13H15IN2O2. The third kappa shape index (κ3) is 4.63. The molecule has 0 aliphatic carbocycles. The molecule has 0 unspecified atom stereocenters. The van der Waals surface area contributed by atoms with Gasteiger partial charge < -0.3 is 9.64 Å². The zero-order chi connectivity index (χ0) is 13.4. The predicted molar refractivity (Wildman–Crippen MR) is 77.2 cm³/mol. The van der Waals surface area contributed by atoms with E-state index in [-0.39, 0.29) is 5.91 Å². The van der Waals surface area contributed by atoms with E-state index in [0.29, 0.717) is 31.7 Å². The maximum atomic E-state index is 12.2. The van der Waals surface area contributed by atoms with Gasteiger partial charge in [-0.2, -0.15) is 5.26 Å². The lowest BCUT2D eigenvalue weighted by molar-refractivity contribution is 0.0700. The van der Waals surface area contributed by atoms with Crippen LogP contribution in [0.15, 0.2) is 24.3 Å². The summed E-state index contributed by atoms with van der Waals surface area (Å²) in [6, 6.07) is 9.45. The summed E-state index contributed by atoms with van der Waals surface area (Å²) in [5, 5.41) is 8.61. The minimum atomic E-state index is -0.0568. The number of methoxy groups -OCH3 is 1. The van der Waals surface area contributed by atoms with Crippen molar-refractivity contribution in [3.63, 3.8) is 0 Å². The van der Waals surface area contributed by atoms with Crippen LogP contribution in [0.4, 0.5) is 0 Å².